The molecule has 2 N–H and O–H groups in total. The number of hydrogen-bond donors (Lipinski definition) is 2. The summed E-state index contributed by atoms with van der Waals surface area (Å²) in [6.45, 7) is 5.10. The number of carboxylic acid groups (broad SMARTS) is 1. The first-order valence-corrected chi connectivity index (χ1v) is 5.90. The highest BCUT2D eigenvalue weighted by Gasteiger charge is 2.26. The van der Waals surface area contributed by atoms with Gasteiger partial charge in [-0.3, -0.25) is 4.79 Å². The number of carboxylic acids is 1. The van der Waals surface area contributed by atoms with Crippen molar-refractivity contribution in [2.75, 3.05) is 7.11 Å². The van der Waals surface area contributed by atoms with E-state index in [1.807, 2.05) is 0 Å². The molecule has 1 rings (SSSR count). The summed E-state index contributed by atoms with van der Waals surface area (Å²) >= 11 is 3.39. The predicted octanol–water partition coefficient (Wildman–Crippen LogP) is 2.97. The van der Waals surface area contributed by atoms with E-state index in [4.69, 9.17) is 9.84 Å². The van der Waals surface area contributed by atoms with Gasteiger partial charge in [0, 0.05) is 15.6 Å². The van der Waals surface area contributed by atoms with Crippen LogP contribution in [-0.4, -0.2) is 23.3 Å². The standard InChI is InChI=1S/C12H15BrO4/c1-5-8(6(2)12(15)16)10(14)11(17-4)7(3)9(5)13/h6,14H,1-4H3,(H,15,16). The van der Waals surface area contributed by atoms with Crippen LogP contribution in [0.4, 0.5) is 0 Å². The second-order valence-corrected chi connectivity index (χ2v) is 4.71. The minimum Gasteiger partial charge on any atom is -0.504 e. The molecule has 0 aromatic heterocycles. The molecule has 0 aliphatic rings. The highest BCUT2D eigenvalue weighted by molar-refractivity contribution is 9.10. The maximum absolute atomic E-state index is 11.0. The third kappa shape index (κ3) is 2.24. The van der Waals surface area contributed by atoms with Gasteiger partial charge in [-0.05, 0) is 26.3 Å². The molecule has 0 saturated heterocycles. The van der Waals surface area contributed by atoms with Crippen LogP contribution in [0.5, 0.6) is 11.5 Å². The molecule has 94 valence electrons. The first-order chi connectivity index (χ1) is 7.82. The normalized spacial score (nSPS) is 12.3. The minimum absolute atomic E-state index is 0.0967. The Hall–Kier alpha value is -1.23. The van der Waals surface area contributed by atoms with E-state index >= 15 is 0 Å². The molecule has 4 nitrogen and oxygen atoms in total. The number of hydrogen-bond acceptors (Lipinski definition) is 3. The minimum atomic E-state index is -0.985. The van der Waals surface area contributed by atoms with Crippen molar-refractivity contribution < 1.29 is 19.7 Å². The lowest BCUT2D eigenvalue weighted by atomic mass is 9.93. The number of phenols is 1. The van der Waals surface area contributed by atoms with Gasteiger partial charge in [0.15, 0.2) is 11.5 Å². The number of rotatable bonds is 3. The van der Waals surface area contributed by atoms with Gasteiger partial charge in [-0.15, -0.1) is 0 Å². The van der Waals surface area contributed by atoms with E-state index in [1.165, 1.54) is 14.0 Å². The zero-order chi connectivity index (χ0) is 13.3. The van der Waals surface area contributed by atoms with Crippen molar-refractivity contribution in [1.29, 1.82) is 0 Å². The highest BCUT2D eigenvalue weighted by Crippen LogP contribution is 2.44. The lowest BCUT2D eigenvalue weighted by Crippen LogP contribution is -2.10. The summed E-state index contributed by atoms with van der Waals surface area (Å²) in [7, 11) is 1.44. The van der Waals surface area contributed by atoms with Gasteiger partial charge in [-0.1, -0.05) is 15.9 Å². The Morgan fingerprint density at radius 1 is 1.35 bits per heavy atom. The summed E-state index contributed by atoms with van der Waals surface area (Å²) in [5.74, 6) is -1.56. The lowest BCUT2D eigenvalue weighted by molar-refractivity contribution is -0.138. The number of carbonyl (C=O) groups is 1. The summed E-state index contributed by atoms with van der Waals surface area (Å²) in [5, 5.41) is 19.1. The van der Waals surface area contributed by atoms with E-state index in [9.17, 15) is 9.90 Å². The Bertz CT molecular complexity index is 468. The van der Waals surface area contributed by atoms with E-state index in [1.54, 1.807) is 13.8 Å². The quantitative estimate of drug-likeness (QED) is 0.901. The molecule has 0 amide bonds. The van der Waals surface area contributed by atoms with Crippen molar-refractivity contribution in [1.82, 2.24) is 0 Å². The fourth-order valence-corrected chi connectivity index (χ4v) is 2.27. The molecule has 1 aromatic rings. The van der Waals surface area contributed by atoms with Gasteiger partial charge in [-0.2, -0.15) is 0 Å². The van der Waals surface area contributed by atoms with E-state index in [0.29, 0.717) is 11.3 Å². The number of methoxy groups -OCH3 is 1. The summed E-state index contributed by atoms with van der Waals surface area (Å²) in [5.41, 5.74) is 1.85. The molecule has 0 fully saturated rings. The Morgan fingerprint density at radius 2 is 1.88 bits per heavy atom. The molecule has 1 aromatic carbocycles. The third-order valence-electron chi connectivity index (χ3n) is 2.88. The third-order valence-corrected chi connectivity index (χ3v) is 4.07. The fourth-order valence-electron chi connectivity index (χ4n) is 1.88. The predicted molar refractivity (Wildman–Crippen MR) is 67.9 cm³/mol. The number of phenolic OH excluding ortho intramolecular Hbond substituents is 1. The Balaban J connectivity index is 3.61. The SMILES string of the molecule is COc1c(C)c(Br)c(C)c(C(C)C(=O)O)c1O. The van der Waals surface area contributed by atoms with Crippen molar-refractivity contribution in [3.05, 3.63) is 21.2 Å². The van der Waals surface area contributed by atoms with Gasteiger partial charge in [0.25, 0.3) is 0 Å². The van der Waals surface area contributed by atoms with Crippen LogP contribution in [-0.2, 0) is 4.79 Å². The van der Waals surface area contributed by atoms with Crippen molar-refractivity contribution in [2.45, 2.75) is 26.7 Å². The van der Waals surface area contributed by atoms with Gasteiger partial charge in [0.2, 0.25) is 0 Å². The maximum Gasteiger partial charge on any atom is 0.310 e. The average Bonchev–Trinajstić information content (AvgIpc) is 2.27. The highest BCUT2D eigenvalue weighted by atomic mass is 79.9. The van der Waals surface area contributed by atoms with E-state index in [0.717, 1.165) is 15.6 Å². The molecule has 5 heteroatoms. The molecule has 17 heavy (non-hydrogen) atoms. The van der Waals surface area contributed by atoms with Crippen molar-refractivity contribution in [2.24, 2.45) is 0 Å². The van der Waals surface area contributed by atoms with E-state index < -0.39 is 11.9 Å². The number of aromatic hydroxyl groups is 1. The Kier molecular flexibility index (Phi) is 4.03. The van der Waals surface area contributed by atoms with Gasteiger partial charge in [-0.25, -0.2) is 0 Å². The number of halogens is 1. The van der Waals surface area contributed by atoms with Crippen LogP contribution in [0.15, 0.2) is 4.47 Å². The van der Waals surface area contributed by atoms with Gasteiger partial charge < -0.3 is 14.9 Å². The molecule has 1 atom stereocenters. The van der Waals surface area contributed by atoms with Crippen LogP contribution in [0.3, 0.4) is 0 Å². The summed E-state index contributed by atoms with van der Waals surface area (Å²) in [6, 6.07) is 0. The van der Waals surface area contributed by atoms with E-state index in [2.05, 4.69) is 15.9 Å². The molecule has 0 spiro atoms. The number of benzene rings is 1. The Morgan fingerprint density at radius 3 is 2.29 bits per heavy atom. The first kappa shape index (κ1) is 13.8. The molecular weight excluding hydrogens is 288 g/mol. The van der Waals surface area contributed by atoms with Crippen LogP contribution in [0.2, 0.25) is 0 Å². The summed E-state index contributed by atoms with van der Waals surface area (Å²) < 4.78 is 5.87. The first-order valence-electron chi connectivity index (χ1n) is 5.11. The van der Waals surface area contributed by atoms with Crippen LogP contribution in [0.25, 0.3) is 0 Å². The molecule has 1 unspecified atom stereocenters. The molecule has 0 aliphatic carbocycles. The van der Waals surface area contributed by atoms with Gasteiger partial charge in [0.05, 0.1) is 13.0 Å². The van der Waals surface area contributed by atoms with Gasteiger partial charge in [0.1, 0.15) is 0 Å². The lowest BCUT2D eigenvalue weighted by Gasteiger charge is -2.19. The second kappa shape index (κ2) is 4.96. The summed E-state index contributed by atoms with van der Waals surface area (Å²) in [6.07, 6.45) is 0. The van der Waals surface area contributed by atoms with Crippen molar-refractivity contribution >= 4 is 21.9 Å². The summed E-state index contributed by atoms with van der Waals surface area (Å²) in [4.78, 5) is 11.0. The monoisotopic (exact) mass is 302 g/mol. The second-order valence-electron chi connectivity index (χ2n) is 3.92. The maximum atomic E-state index is 11.0. The van der Waals surface area contributed by atoms with Crippen LogP contribution in [0.1, 0.15) is 29.5 Å². The number of ether oxygens (including phenoxy) is 1. The Labute approximate surface area is 108 Å². The average molecular weight is 303 g/mol. The van der Waals surface area contributed by atoms with Crippen molar-refractivity contribution in [3.63, 3.8) is 0 Å². The molecule has 0 aliphatic heterocycles. The van der Waals surface area contributed by atoms with E-state index in [-0.39, 0.29) is 5.75 Å². The smallest absolute Gasteiger partial charge is 0.310 e. The molecular formula is C12H15BrO4. The molecule has 0 heterocycles. The van der Waals surface area contributed by atoms with Crippen molar-refractivity contribution in [3.8, 4) is 11.5 Å². The van der Waals surface area contributed by atoms with Crippen LogP contribution >= 0.6 is 15.9 Å². The largest absolute Gasteiger partial charge is 0.504 e. The van der Waals surface area contributed by atoms with Crippen LogP contribution < -0.4 is 4.74 Å². The number of aliphatic carboxylic acids is 1. The van der Waals surface area contributed by atoms with Crippen LogP contribution in [0, 0.1) is 13.8 Å². The topological polar surface area (TPSA) is 66.8 Å². The molecule has 0 radical (unpaired) electrons. The zero-order valence-corrected chi connectivity index (χ0v) is 11.8. The zero-order valence-electron chi connectivity index (χ0n) is 10.2. The molecule has 0 bridgehead atoms. The fraction of sp³-hybridized carbons (Fsp3) is 0.417. The molecule has 0 saturated carbocycles. The van der Waals surface area contributed by atoms with Gasteiger partial charge >= 0.3 is 5.97 Å².